The Bertz CT molecular complexity index is 754. The number of carbonyl (C=O) groups is 1. The number of nitrogens with one attached hydrogen (secondary N) is 2. The predicted octanol–water partition coefficient (Wildman–Crippen LogP) is 3.23. The number of hydrogen-bond acceptors (Lipinski definition) is 3. The van der Waals surface area contributed by atoms with Crippen LogP contribution >= 0.6 is 23.2 Å². The smallest absolute Gasteiger partial charge is 0.334 e. The number of H-pyrrole nitrogens is 1. The van der Waals surface area contributed by atoms with Crippen molar-refractivity contribution in [1.29, 1.82) is 0 Å². The number of rotatable bonds is 3. The Morgan fingerprint density at radius 1 is 1.25 bits per heavy atom. The molecule has 9 heteroatoms. The highest BCUT2D eigenvalue weighted by Crippen LogP contribution is 2.25. The van der Waals surface area contributed by atoms with E-state index in [1.54, 1.807) is 0 Å². The predicted molar refractivity (Wildman–Crippen MR) is 73.5 cm³/mol. The van der Waals surface area contributed by atoms with Gasteiger partial charge in [0, 0.05) is 0 Å². The Hall–Kier alpha value is -1.57. The molecule has 1 aromatic carbocycles. The summed E-state index contributed by atoms with van der Waals surface area (Å²) in [5, 5.41) is 2.48. The van der Waals surface area contributed by atoms with Gasteiger partial charge in [0.25, 0.3) is 5.91 Å². The van der Waals surface area contributed by atoms with Crippen molar-refractivity contribution < 1.29 is 17.1 Å². The molecular weight excluding hydrogens is 330 g/mol. The van der Waals surface area contributed by atoms with Crippen LogP contribution in [0, 0.1) is 0 Å². The summed E-state index contributed by atoms with van der Waals surface area (Å²) in [5.41, 5.74) is -0.159. The van der Waals surface area contributed by atoms with E-state index in [-0.39, 0.29) is 21.6 Å². The highest BCUT2D eigenvalue weighted by atomic mass is 35.5. The molecule has 0 aliphatic carbocycles. The van der Waals surface area contributed by atoms with Crippen molar-refractivity contribution in [3.05, 3.63) is 46.2 Å². The molecule has 0 spiro atoms. The minimum atomic E-state index is -4.94. The molecular formula is C11H7Cl2FN2O3S. The maximum atomic E-state index is 13.1. The first-order valence-corrected chi connectivity index (χ1v) is 7.32. The summed E-state index contributed by atoms with van der Waals surface area (Å²) < 4.78 is 35.0. The molecule has 0 saturated carbocycles. The standard InChI is InChI=1S/C11H7Cl2FN2O3S/c12-6-5-8(15-10(6)13)11(17)16-7-3-1-2-4-9(7)20(14,18)19/h1-5,15H,(H,16,17). The van der Waals surface area contributed by atoms with Crippen LogP contribution in [0.15, 0.2) is 35.2 Å². The van der Waals surface area contributed by atoms with Crippen molar-refractivity contribution in [3.8, 4) is 0 Å². The summed E-state index contributed by atoms with van der Waals surface area (Å²) in [6, 6.07) is 6.37. The maximum absolute atomic E-state index is 13.1. The average Bonchev–Trinajstić information content (AvgIpc) is 2.69. The molecule has 0 aliphatic rings. The van der Waals surface area contributed by atoms with Crippen molar-refractivity contribution in [1.82, 2.24) is 4.98 Å². The van der Waals surface area contributed by atoms with Crippen LogP contribution in [0.1, 0.15) is 10.5 Å². The molecule has 0 unspecified atom stereocenters. The van der Waals surface area contributed by atoms with Crippen molar-refractivity contribution in [2.45, 2.75) is 4.90 Å². The summed E-state index contributed by atoms with van der Waals surface area (Å²) in [6.45, 7) is 0. The number of amides is 1. The lowest BCUT2D eigenvalue weighted by atomic mass is 10.3. The lowest BCUT2D eigenvalue weighted by molar-refractivity contribution is 0.102. The van der Waals surface area contributed by atoms with Crippen LogP contribution in [0.5, 0.6) is 0 Å². The lowest BCUT2D eigenvalue weighted by Gasteiger charge is -2.07. The van der Waals surface area contributed by atoms with Crippen LogP contribution in [0.3, 0.4) is 0 Å². The maximum Gasteiger partial charge on any atom is 0.334 e. The van der Waals surface area contributed by atoms with E-state index in [2.05, 4.69) is 10.3 Å². The van der Waals surface area contributed by atoms with Gasteiger partial charge >= 0.3 is 10.2 Å². The SMILES string of the molecule is O=C(Nc1ccccc1S(=O)(=O)F)c1cc(Cl)c(Cl)[nH]1. The van der Waals surface area contributed by atoms with Gasteiger partial charge in [-0.2, -0.15) is 8.42 Å². The highest BCUT2D eigenvalue weighted by molar-refractivity contribution is 7.86. The molecule has 5 nitrogen and oxygen atoms in total. The molecule has 0 saturated heterocycles. The highest BCUT2D eigenvalue weighted by Gasteiger charge is 2.19. The van der Waals surface area contributed by atoms with E-state index in [4.69, 9.17) is 23.2 Å². The molecule has 1 amide bonds. The fourth-order valence-corrected chi connectivity index (χ4v) is 2.43. The minimum absolute atomic E-state index is 0.0195. The number of benzene rings is 1. The van der Waals surface area contributed by atoms with Crippen LogP contribution in [-0.2, 0) is 10.2 Å². The van der Waals surface area contributed by atoms with E-state index in [1.807, 2.05) is 0 Å². The molecule has 0 bridgehead atoms. The zero-order valence-electron chi connectivity index (χ0n) is 9.65. The van der Waals surface area contributed by atoms with Crippen LogP contribution in [-0.4, -0.2) is 19.3 Å². The second-order valence-corrected chi connectivity index (χ2v) is 5.83. The van der Waals surface area contributed by atoms with Gasteiger partial charge in [0.15, 0.2) is 0 Å². The number of anilines is 1. The van der Waals surface area contributed by atoms with Crippen LogP contribution in [0.2, 0.25) is 10.2 Å². The van der Waals surface area contributed by atoms with Gasteiger partial charge in [0.05, 0.1) is 10.7 Å². The fourth-order valence-electron chi connectivity index (χ4n) is 1.50. The third-order valence-electron chi connectivity index (χ3n) is 2.37. The first kappa shape index (κ1) is 14.8. The third kappa shape index (κ3) is 3.12. The zero-order valence-corrected chi connectivity index (χ0v) is 12.0. The molecule has 0 atom stereocenters. The van der Waals surface area contributed by atoms with Gasteiger partial charge in [0.2, 0.25) is 0 Å². The fraction of sp³-hybridized carbons (Fsp3) is 0. The number of aromatic amines is 1. The van der Waals surface area contributed by atoms with Gasteiger partial charge in [-0.1, -0.05) is 35.3 Å². The van der Waals surface area contributed by atoms with E-state index < -0.39 is 21.0 Å². The first-order valence-electron chi connectivity index (χ1n) is 5.18. The Morgan fingerprint density at radius 2 is 1.90 bits per heavy atom. The Kier molecular flexibility index (Phi) is 4.03. The van der Waals surface area contributed by atoms with Crippen LogP contribution in [0.25, 0.3) is 0 Å². The summed E-state index contributed by atoms with van der Waals surface area (Å²) in [6.07, 6.45) is 0. The summed E-state index contributed by atoms with van der Waals surface area (Å²) in [5.74, 6) is -0.699. The van der Waals surface area contributed by atoms with Crippen LogP contribution < -0.4 is 5.32 Å². The summed E-state index contributed by atoms with van der Waals surface area (Å²) >= 11 is 11.3. The zero-order chi connectivity index (χ0) is 14.9. The van der Waals surface area contributed by atoms with Gasteiger partial charge in [-0.05, 0) is 18.2 Å². The number of carbonyl (C=O) groups excluding carboxylic acids is 1. The van der Waals surface area contributed by atoms with Gasteiger partial charge in [-0.3, -0.25) is 4.79 Å². The molecule has 0 fully saturated rings. The van der Waals surface area contributed by atoms with Gasteiger partial charge in [-0.15, -0.1) is 3.89 Å². The normalized spacial score (nSPS) is 11.3. The van der Waals surface area contributed by atoms with Crippen molar-refractivity contribution in [2.75, 3.05) is 5.32 Å². The van der Waals surface area contributed by atoms with Crippen LogP contribution in [0.4, 0.5) is 9.57 Å². The van der Waals surface area contributed by atoms with Gasteiger partial charge in [-0.25, -0.2) is 0 Å². The van der Waals surface area contributed by atoms with Gasteiger partial charge < -0.3 is 10.3 Å². The van der Waals surface area contributed by atoms with E-state index in [1.165, 1.54) is 24.3 Å². The number of halogens is 3. The summed E-state index contributed by atoms with van der Waals surface area (Å²) in [4.78, 5) is 13.8. The van der Waals surface area contributed by atoms with Crippen molar-refractivity contribution in [3.63, 3.8) is 0 Å². The largest absolute Gasteiger partial charge is 0.340 e. The quantitative estimate of drug-likeness (QED) is 0.844. The average molecular weight is 337 g/mol. The molecule has 106 valence electrons. The van der Waals surface area contributed by atoms with Gasteiger partial charge in [0.1, 0.15) is 15.7 Å². The van der Waals surface area contributed by atoms with E-state index >= 15 is 0 Å². The molecule has 2 rings (SSSR count). The first-order chi connectivity index (χ1) is 9.29. The molecule has 20 heavy (non-hydrogen) atoms. The third-order valence-corrected chi connectivity index (χ3v) is 3.94. The molecule has 1 aromatic heterocycles. The second-order valence-electron chi connectivity index (χ2n) is 3.73. The van der Waals surface area contributed by atoms with Crippen molar-refractivity contribution >= 4 is 45.0 Å². The molecule has 2 N–H and O–H groups in total. The molecule has 2 aromatic rings. The monoisotopic (exact) mass is 336 g/mol. The van der Waals surface area contributed by atoms with E-state index in [0.717, 1.165) is 6.07 Å². The number of hydrogen-bond donors (Lipinski definition) is 2. The minimum Gasteiger partial charge on any atom is -0.340 e. The number of para-hydroxylation sites is 1. The molecule has 0 aliphatic heterocycles. The Balaban J connectivity index is 2.33. The van der Waals surface area contributed by atoms with E-state index in [0.29, 0.717) is 0 Å². The van der Waals surface area contributed by atoms with Crippen molar-refractivity contribution in [2.24, 2.45) is 0 Å². The lowest BCUT2D eigenvalue weighted by Crippen LogP contribution is -2.14. The van der Waals surface area contributed by atoms with E-state index in [9.17, 15) is 17.1 Å². The second kappa shape index (κ2) is 5.43. The Morgan fingerprint density at radius 3 is 2.45 bits per heavy atom. The molecule has 1 heterocycles. The molecule has 0 radical (unpaired) electrons. The number of aromatic nitrogens is 1. The Labute approximate surface area is 123 Å². The summed E-state index contributed by atoms with van der Waals surface area (Å²) in [7, 11) is -4.94. The topological polar surface area (TPSA) is 79.0 Å².